The molecule has 0 spiro atoms. The van der Waals surface area contributed by atoms with Crippen LogP contribution in [0.3, 0.4) is 0 Å². The van der Waals surface area contributed by atoms with Gasteiger partial charge >= 0.3 is 0 Å². The first-order valence-corrected chi connectivity index (χ1v) is 4.32. The molecule has 6 heteroatoms. The maximum atomic E-state index is 9.63. The van der Waals surface area contributed by atoms with Crippen molar-refractivity contribution in [3.63, 3.8) is 0 Å². The number of rotatable bonds is 2. The first-order chi connectivity index (χ1) is 6.46. The summed E-state index contributed by atoms with van der Waals surface area (Å²) in [7, 11) is 0. The quantitative estimate of drug-likeness (QED) is 0.339. The van der Waals surface area contributed by atoms with Gasteiger partial charge in [-0.2, -0.15) is 0 Å². The number of aliphatic hydroxyl groups is 5. The lowest BCUT2D eigenvalue weighted by Crippen LogP contribution is -2.65. The zero-order valence-electron chi connectivity index (χ0n) is 7.74. The SMILES string of the molecule is C[CH]C1(O)O[C@H](CO)[C@@H](O)[C@H](O)[C@H]1O. The third-order valence-electron chi connectivity index (χ3n) is 2.41. The summed E-state index contributed by atoms with van der Waals surface area (Å²) in [6.45, 7) is 0.878. The van der Waals surface area contributed by atoms with E-state index in [9.17, 15) is 20.4 Å². The fraction of sp³-hybridized carbons (Fsp3) is 0.875. The van der Waals surface area contributed by atoms with Gasteiger partial charge in [-0.25, -0.2) is 0 Å². The Morgan fingerprint density at radius 1 is 1.29 bits per heavy atom. The Morgan fingerprint density at radius 2 is 1.86 bits per heavy atom. The van der Waals surface area contributed by atoms with E-state index in [0.717, 1.165) is 6.42 Å². The van der Waals surface area contributed by atoms with Gasteiger partial charge in [0.1, 0.15) is 24.4 Å². The van der Waals surface area contributed by atoms with Crippen molar-refractivity contribution < 1.29 is 30.3 Å². The lowest BCUT2D eigenvalue weighted by atomic mass is 9.91. The Kier molecular flexibility index (Phi) is 3.46. The van der Waals surface area contributed by atoms with E-state index in [1.165, 1.54) is 6.92 Å². The molecule has 5 atom stereocenters. The smallest absolute Gasteiger partial charge is 0.198 e. The summed E-state index contributed by atoms with van der Waals surface area (Å²) in [4.78, 5) is 0. The van der Waals surface area contributed by atoms with Crippen LogP contribution in [0.25, 0.3) is 0 Å². The van der Waals surface area contributed by atoms with Gasteiger partial charge < -0.3 is 30.3 Å². The van der Waals surface area contributed by atoms with Gasteiger partial charge in [0.25, 0.3) is 0 Å². The average Bonchev–Trinajstić information content (AvgIpc) is 2.20. The van der Waals surface area contributed by atoms with Crippen molar-refractivity contribution in [1.82, 2.24) is 0 Å². The molecule has 0 aromatic rings. The molecule has 1 fully saturated rings. The van der Waals surface area contributed by atoms with Gasteiger partial charge in [0.2, 0.25) is 0 Å². The number of hydrogen-bond acceptors (Lipinski definition) is 6. The number of hydrogen-bond donors (Lipinski definition) is 5. The molecular weight excluding hydrogens is 192 g/mol. The molecule has 1 unspecified atom stereocenters. The molecule has 1 aliphatic heterocycles. The summed E-state index contributed by atoms with van der Waals surface area (Å²) in [6.07, 6.45) is -4.58. The summed E-state index contributed by atoms with van der Waals surface area (Å²) >= 11 is 0. The van der Waals surface area contributed by atoms with Gasteiger partial charge in [-0.3, -0.25) is 0 Å². The predicted octanol–water partition coefficient (Wildman–Crippen LogP) is -2.63. The summed E-state index contributed by atoms with van der Waals surface area (Å²) in [6, 6.07) is 0. The highest BCUT2D eigenvalue weighted by Gasteiger charge is 2.51. The van der Waals surface area contributed by atoms with Gasteiger partial charge in [0, 0.05) is 6.42 Å². The van der Waals surface area contributed by atoms with Gasteiger partial charge in [-0.05, 0) is 0 Å². The van der Waals surface area contributed by atoms with Crippen molar-refractivity contribution in [2.75, 3.05) is 6.61 Å². The lowest BCUT2D eigenvalue weighted by Gasteiger charge is -2.44. The lowest BCUT2D eigenvalue weighted by molar-refractivity contribution is -0.333. The van der Waals surface area contributed by atoms with Gasteiger partial charge in [0.05, 0.1) is 6.61 Å². The van der Waals surface area contributed by atoms with E-state index in [1.807, 2.05) is 0 Å². The van der Waals surface area contributed by atoms with Crippen LogP contribution in [0.5, 0.6) is 0 Å². The van der Waals surface area contributed by atoms with Crippen LogP contribution in [0.15, 0.2) is 0 Å². The van der Waals surface area contributed by atoms with Crippen LogP contribution in [0.1, 0.15) is 6.92 Å². The van der Waals surface area contributed by atoms with Crippen molar-refractivity contribution in [2.24, 2.45) is 0 Å². The van der Waals surface area contributed by atoms with Gasteiger partial charge in [0.15, 0.2) is 5.79 Å². The molecule has 5 N–H and O–H groups in total. The van der Waals surface area contributed by atoms with E-state index in [2.05, 4.69) is 0 Å². The summed E-state index contributed by atoms with van der Waals surface area (Å²) in [5.41, 5.74) is 0. The van der Waals surface area contributed by atoms with E-state index in [1.54, 1.807) is 0 Å². The normalized spacial score (nSPS) is 49.3. The van der Waals surface area contributed by atoms with E-state index >= 15 is 0 Å². The Morgan fingerprint density at radius 3 is 2.29 bits per heavy atom. The molecule has 0 aromatic heterocycles. The average molecular weight is 207 g/mol. The highest BCUT2D eigenvalue weighted by atomic mass is 16.7. The van der Waals surface area contributed by atoms with Crippen LogP contribution < -0.4 is 0 Å². The van der Waals surface area contributed by atoms with Crippen LogP contribution in [-0.4, -0.2) is 62.3 Å². The van der Waals surface area contributed by atoms with E-state index in [0.29, 0.717) is 0 Å². The van der Waals surface area contributed by atoms with Crippen LogP contribution in [-0.2, 0) is 4.74 Å². The topological polar surface area (TPSA) is 110 Å². The Labute approximate surface area is 81.4 Å². The Balaban J connectivity index is 2.84. The number of ether oxygens (including phenoxy) is 1. The zero-order chi connectivity index (χ0) is 10.9. The first kappa shape index (κ1) is 11.8. The summed E-state index contributed by atoms with van der Waals surface area (Å²) in [5, 5.41) is 46.5. The molecule has 0 bridgehead atoms. The van der Waals surface area contributed by atoms with Crippen LogP contribution in [0, 0.1) is 6.42 Å². The molecule has 14 heavy (non-hydrogen) atoms. The standard InChI is InChI=1S/C8H15O6/c1-2-8(13)7(12)6(11)5(10)4(3-9)14-8/h2,4-7,9-13H,3H2,1H3/t4-,5-,6+,7-,8?/m1/s1. The number of aliphatic hydroxyl groups excluding tert-OH is 4. The highest BCUT2D eigenvalue weighted by Crippen LogP contribution is 2.29. The monoisotopic (exact) mass is 207 g/mol. The first-order valence-electron chi connectivity index (χ1n) is 4.32. The van der Waals surface area contributed by atoms with E-state index in [4.69, 9.17) is 9.84 Å². The van der Waals surface area contributed by atoms with Crippen molar-refractivity contribution in [3.8, 4) is 0 Å². The predicted molar refractivity (Wildman–Crippen MR) is 44.9 cm³/mol. The second-order valence-electron chi connectivity index (χ2n) is 3.31. The molecular formula is C8H15O6. The molecule has 0 amide bonds. The fourth-order valence-corrected chi connectivity index (χ4v) is 1.42. The molecule has 83 valence electrons. The fourth-order valence-electron chi connectivity index (χ4n) is 1.42. The van der Waals surface area contributed by atoms with Gasteiger partial charge in [-0.1, -0.05) is 6.92 Å². The molecule has 1 aliphatic rings. The molecule has 0 aromatic carbocycles. The van der Waals surface area contributed by atoms with Crippen molar-refractivity contribution in [3.05, 3.63) is 6.42 Å². The Hall–Kier alpha value is -0.240. The summed E-state index contributed by atoms with van der Waals surface area (Å²) in [5.74, 6) is -2.04. The zero-order valence-corrected chi connectivity index (χ0v) is 7.74. The van der Waals surface area contributed by atoms with Crippen LogP contribution >= 0.6 is 0 Å². The molecule has 1 heterocycles. The van der Waals surface area contributed by atoms with Crippen LogP contribution in [0.2, 0.25) is 0 Å². The van der Waals surface area contributed by atoms with Gasteiger partial charge in [-0.15, -0.1) is 0 Å². The second kappa shape index (κ2) is 4.09. The third kappa shape index (κ3) is 1.77. The highest BCUT2D eigenvalue weighted by molar-refractivity contribution is 5.00. The third-order valence-corrected chi connectivity index (χ3v) is 2.41. The van der Waals surface area contributed by atoms with Crippen molar-refractivity contribution in [1.29, 1.82) is 0 Å². The Bertz CT molecular complexity index is 196. The van der Waals surface area contributed by atoms with Crippen molar-refractivity contribution in [2.45, 2.75) is 37.1 Å². The minimum atomic E-state index is -2.04. The largest absolute Gasteiger partial charge is 0.394 e. The second-order valence-corrected chi connectivity index (χ2v) is 3.31. The molecule has 6 nitrogen and oxygen atoms in total. The molecule has 0 aliphatic carbocycles. The maximum Gasteiger partial charge on any atom is 0.198 e. The molecule has 1 saturated heterocycles. The van der Waals surface area contributed by atoms with Crippen LogP contribution in [0.4, 0.5) is 0 Å². The van der Waals surface area contributed by atoms with Crippen molar-refractivity contribution >= 4 is 0 Å². The maximum absolute atomic E-state index is 9.63. The minimum Gasteiger partial charge on any atom is -0.394 e. The molecule has 1 rings (SSSR count). The summed E-state index contributed by atoms with van der Waals surface area (Å²) < 4.78 is 4.86. The minimum absolute atomic E-state index is 0.554. The molecule has 0 saturated carbocycles. The van der Waals surface area contributed by atoms with E-state index < -0.39 is 36.8 Å². The molecule has 1 radical (unpaired) electrons. The van der Waals surface area contributed by atoms with E-state index in [-0.39, 0.29) is 0 Å².